The van der Waals surface area contributed by atoms with Crippen LogP contribution in [0.4, 0.5) is 0 Å². The molecule has 1 aliphatic carbocycles. The van der Waals surface area contributed by atoms with E-state index in [1.54, 1.807) is 0 Å². The van der Waals surface area contributed by atoms with Gasteiger partial charge in [-0.2, -0.15) is 0 Å². The van der Waals surface area contributed by atoms with Crippen molar-refractivity contribution in [2.45, 2.75) is 45.6 Å². The van der Waals surface area contributed by atoms with Crippen LogP contribution in [0.5, 0.6) is 0 Å². The molecule has 0 heterocycles. The number of nitrogens with one attached hydrogen (secondary N) is 2. The molecule has 0 radical (unpaired) electrons. The summed E-state index contributed by atoms with van der Waals surface area (Å²) in [7, 11) is 1.83. The molecule has 110 valence electrons. The van der Waals surface area contributed by atoms with Crippen molar-refractivity contribution in [2.75, 3.05) is 13.6 Å². The summed E-state index contributed by atoms with van der Waals surface area (Å²) < 4.78 is 0. The van der Waals surface area contributed by atoms with Gasteiger partial charge in [-0.1, -0.05) is 37.1 Å². The summed E-state index contributed by atoms with van der Waals surface area (Å²) >= 11 is 0. The van der Waals surface area contributed by atoms with Gasteiger partial charge in [0.05, 0.1) is 6.04 Å². The van der Waals surface area contributed by atoms with Gasteiger partial charge in [-0.15, -0.1) is 0 Å². The molecule has 1 saturated carbocycles. The molecule has 0 amide bonds. The Balaban J connectivity index is 1.78. The molecule has 1 unspecified atom stereocenters. The third-order valence-corrected chi connectivity index (χ3v) is 4.01. The minimum Gasteiger partial charge on any atom is -0.356 e. The van der Waals surface area contributed by atoms with E-state index in [9.17, 15) is 0 Å². The Hall–Kier alpha value is -1.51. The molecule has 0 spiro atoms. The van der Waals surface area contributed by atoms with Gasteiger partial charge < -0.3 is 10.6 Å². The fraction of sp³-hybridized carbons (Fsp3) is 0.588. The highest BCUT2D eigenvalue weighted by Gasteiger charge is 2.20. The van der Waals surface area contributed by atoms with Gasteiger partial charge in [0.1, 0.15) is 0 Å². The van der Waals surface area contributed by atoms with Crippen molar-refractivity contribution in [3.8, 4) is 0 Å². The molecule has 2 N–H and O–H groups in total. The lowest BCUT2D eigenvalue weighted by molar-refractivity contribution is 0.630. The van der Waals surface area contributed by atoms with Crippen LogP contribution in [-0.2, 0) is 0 Å². The maximum atomic E-state index is 4.31. The van der Waals surface area contributed by atoms with E-state index in [4.69, 9.17) is 0 Å². The van der Waals surface area contributed by atoms with Crippen LogP contribution in [0.1, 0.15) is 49.8 Å². The van der Waals surface area contributed by atoms with Crippen molar-refractivity contribution >= 4 is 5.96 Å². The molecule has 1 aromatic rings. The van der Waals surface area contributed by atoms with Crippen LogP contribution in [-0.4, -0.2) is 19.6 Å². The highest BCUT2D eigenvalue weighted by Crippen LogP contribution is 2.33. The lowest BCUT2D eigenvalue weighted by Crippen LogP contribution is -2.39. The number of aliphatic imine (C=N–C) groups is 1. The van der Waals surface area contributed by atoms with E-state index >= 15 is 0 Å². The normalized spacial score (nSPS) is 16.9. The molecule has 0 aliphatic heterocycles. The molecule has 1 aliphatic rings. The number of hydrogen-bond acceptors (Lipinski definition) is 1. The highest BCUT2D eigenvalue weighted by molar-refractivity contribution is 5.80. The van der Waals surface area contributed by atoms with Crippen LogP contribution in [0.25, 0.3) is 0 Å². The predicted octanol–water partition coefficient (Wildman–Crippen LogP) is 3.41. The van der Waals surface area contributed by atoms with Gasteiger partial charge in [0, 0.05) is 13.6 Å². The zero-order valence-corrected chi connectivity index (χ0v) is 12.9. The first-order valence-electron chi connectivity index (χ1n) is 7.73. The first kappa shape index (κ1) is 14.9. The van der Waals surface area contributed by atoms with Gasteiger partial charge >= 0.3 is 0 Å². The second-order valence-electron chi connectivity index (χ2n) is 5.81. The maximum absolute atomic E-state index is 4.31. The Morgan fingerprint density at radius 2 is 2.10 bits per heavy atom. The van der Waals surface area contributed by atoms with Gasteiger partial charge in [0.25, 0.3) is 0 Å². The van der Waals surface area contributed by atoms with Crippen LogP contribution < -0.4 is 10.6 Å². The summed E-state index contributed by atoms with van der Waals surface area (Å²) in [6.45, 7) is 5.34. The lowest BCUT2D eigenvalue weighted by atomic mass is 10.0. The van der Waals surface area contributed by atoms with Crippen molar-refractivity contribution in [1.82, 2.24) is 10.6 Å². The van der Waals surface area contributed by atoms with Crippen LogP contribution in [0, 0.1) is 12.8 Å². The molecule has 2 rings (SSSR count). The minimum atomic E-state index is 0.269. The largest absolute Gasteiger partial charge is 0.356 e. The summed E-state index contributed by atoms with van der Waals surface area (Å²) in [5.41, 5.74) is 2.64. The second-order valence-corrected chi connectivity index (χ2v) is 5.81. The van der Waals surface area contributed by atoms with E-state index in [2.05, 4.69) is 53.7 Å². The third kappa shape index (κ3) is 4.55. The summed E-state index contributed by atoms with van der Waals surface area (Å²) in [5, 5.41) is 6.88. The fourth-order valence-electron chi connectivity index (χ4n) is 2.55. The van der Waals surface area contributed by atoms with Gasteiger partial charge in [0.15, 0.2) is 5.96 Å². The fourth-order valence-corrected chi connectivity index (χ4v) is 2.55. The number of aryl methyl sites for hydroxylation is 1. The average Bonchev–Trinajstić information content (AvgIpc) is 3.26. The first-order valence-corrected chi connectivity index (χ1v) is 7.73. The first-order chi connectivity index (χ1) is 9.70. The SMILES string of the molecule is CN=C(NCCCC1CC1)NC(C)c1ccccc1C. The van der Waals surface area contributed by atoms with Gasteiger partial charge in [-0.25, -0.2) is 0 Å². The molecular weight excluding hydrogens is 246 g/mol. The van der Waals surface area contributed by atoms with E-state index in [1.807, 2.05) is 7.05 Å². The van der Waals surface area contributed by atoms with Gasteiger partial charge in [-0.3, -0.25) is 4.99 Å². The van der Waals surface area contributed by atoms with E-state index in [-0.39, 0.29) is 6.04 Å². The van der Waals surface area contributed by atoms with Crippen molar-refractivity contribution in [2.24, 2.45) is 10.9 Å². The molecule has 1 aromatic carbocycles. The molecule has 3 nitrogen and oxygen atoms in total. The Morgan fingerprint density at radius 1 is 1.35 bits per heavy atom. The monoisotopic (exact) mass is 273 g/mol. The minimum absolute atomic E-state index is 0.269. The number of guanidine groups is 1. The van der Waals surface area contributed by atoms with Gasteiger partial charge in [0.2, 0.25) is 0 Å². The number of nitrogens with zero attached hydrogens (tertiary/aromatic N) is 1. The topological polar surface area (TPSA) is 36.4 Å². The molecule has 0 aromatic heterocycles. The molecule has 20 heavy (non-hydrogen) atoms. The standard InChI is InChI=1S/C17H27N3/c1-13-7-4-5-9-16(13)14(2)20-17(18-3)19-12-6-8-15-10-11-15/h4-5,7,9,14-15H,6,8,10-12H2,1-3H3,(H2,18,19,20). The molecule has 0 saturated heterocycles. The smallest absolute Gasteiger partial charge is 0.191 e. The van der Waals surface area contributed by atoms with Crippen LogP contribution >= 0.6 is 0 Å². The zero-order valence-electron chi connectivity index (χ0n) is 12.9. The summed E-state index contributed by atoms with van der Waals surface area (Å²) in [4.78, 5) is 4.31. The lowest BCUT2D eigenvalue weighted by Gasteiger charge is -2.19. The predicted molar refractivity (Wildman–Crippen MR) is 86.0 cm³/mol. The van der Waals surface area contributed by atoms with Crippen molar-refractivity contribution in [1.29, 1.82) is 0 Å². The van der Waals surface area contributed by atoms with E-state index < -0.39 is 0 Å². The van der Waals surface area contributed by atoms with Crippen LogP contribution in [0.2, 0.25) is 0 Å². The average molecular weight is 273 g/mol. The van der Waals surface area contributed by atoms with Crippen molar-refractivity contribution in [3.63, 3.8) is 0 Å². The Labute approximate surface area is 122 Å². The number of rotatable bonds is 6. The highest BCUT2D eigenvalue weighted by atomic mass is 15.2. The molecule has 3 heteroatoms. The van der Waals surface area contributed by atoms with E-state index in [0.717, 1.165) is 18.4 Å². The Kier molecular flexibility index (Phi) is 5.45. The summed E-state index contributed by atoms with van der Waals surface area (Å²) in [5.74, 6) is 1.91. The molecule has 0 bridgehead atoms. The molecule has 1 fully saturated rings. The summed E-state index contributed by atoms with van der Waals surface area (Å²) in [6, 6.07) is 8.76. The number of hydrogen-bond donors (Lipinski definition) is 2. The second kappa shape index (κ2) is 7.32. The quantitative estimate of drug-likeness (QED) is 0.473. The number of benzene rings is 1. The zero-order chi connectivity index (χ0) is 14.4. The summed E-state index contributed by atoms with van der Waals surface area (Å²) in [6.07, 6.45) is 5.48. The third-order valence-electron chi connectivity index (χ3n) is 4.01. The molecule has 1 atom stereocenters. The maximum Gasteiger partial charge on any atom is 0.191 e. The Bertz CT molecular complexity index is 449. The van der Waals surface area contributed by atoms with Crippen molar-refractivity contribution < 1.29 is 0 Å². The van der Waals surface area contributed by atoms with E-state index in [1.165, 1.54) is 36.8 Å². The van der Waals surface area contributed by atoms with Gasteiger partial charge in [-0.05, 0) is 43.7 Å². The van der Waals surface area contributed by atoms with Crippen molar-refractivity contribution in [3.05, 3.63) is 35.4 Å². The molecular formula is C17H27N3. The van der Waals surface area contributed by atoms with E-state index in [0.29, 0.717) is 0 Å². The van der Waals surface area contributed by atoms with Crippen LogP contribution in [0.15, 0.2) is 29.3 Å². The Morgan fingerprint density at radius 3 is 2.75 bits per heavy atom. The van der Waals surface area contributed by atoms with Crippen LogP contribution in [0.3, 0.4) is 0 Å².